The van der Waals surface area contributed by atoms with Gasteiger partial charge in [-0.1, -0.05) is 34.1 Å². The van der Waals surface area contributed by atoms with Crippen LogP contribution in [-0.2, 0) is 0 Å². The number of hydrogen-bond acceptors (Lipinski definition) is 2. The lowest BCUT2D eigenvalue weighted by molar-refractivity contribution is 0.0741. The van der Waals surface area contributed by atoms with Crippen molar-refractivity contribution >= 4 is 0 Å². The Hall–Kier alpha value is -0.0800. The van der Waals surface area contributed by atoms with Gasteiger partial charge < -0.3 is 10.2 Å². The molecular formula is C16H34N2. The van der Waals surface area contributed by atoms with E-state index in [1.165, 1.54) is 38.6 Å². The maximum Gasteiger partial charge on any atom is 0.0249 e. The first-order valence-electron chi connectivity index (χ1n) is 7.77. The molecule has 0 heterocycles. The average molecular weight is 254 g/mol. The Morgan fingerprint density at radius 3 is 2.39 bits per heavy atom. The molecule has 0 bridgehead atoms. The Kier molecular flexibility index (Phi) is 6.13. The highest BCUT2D eigenvalue weighted by Gasteiger charge is 2.36. The van der Waals surface area contributed by atoms with Crippen LogP contribution < -0.4 is 5.32 Å². The first-order chi connectivity index (χ1) is 8.40. The Labute approximate surface area is 115 Å². The average Bonchev–Trinajstić information content (AvgIpc) is 2.34. The van der Waals surface area contributed by atoms with Gasteiger partial charge in [0.05, 0.1) is 0 Å². The maximum atomic E-state index is 3.54. The van der Waals surface area contributed by atoms with Crippen molar-refractivity contribution in [2.24, 2.45) is 11.3 Å². The van der Waals surface area contributed by atoms with E-state index in [9.17, 15) is 0 Å². The van der Waals surface area contributed by atoms with Gasteiger partial charge in [-0.15, -0.1) is 0 Å². The minimum atomic E-state index is 0.461. The molecule has 0 aromatic heterocycles. The van der Waals surface area contributed by atoms with E-state index in [1.807, 2.05) is 0 Å². The predicted octanol–water partition coefficient (Wildman–Crippen LogP) is 3.52. The molecule has 0 amide bonds. The summed E-state index contributed by atoms with van der Waals surface area (Å²) in [5.41, 5.74) is 0.461. The van der Waals surface area contributed by atoms with E-state index < -0.39 is 0 Å². The Balaban J connectivity index is 2.64. The van der Waals surface area contributed by atoms with Crippen molar-refractivity contribution in [1.82, 2.24) is 10.2 Å². The molecule has 0 aliphatic heterocycles. The quantitative estimate of drug-likeness (QED) is 0.807. The number of rotatable bonds is 5. The van der Waals surface area contributed by atoms with E-state index in [1.54, 1.807) is 0 Å². The van der Waals surface area contributed by atoms with Crippen molar-refractivity contribution in [3.05, 3.63) is 0 Å². The molecule has 0 spiro atoms. The number of unbranched alkanes of at least 4 members (excludes halogenated alkanes) is 1. The number of nitrogens with zero attached hydrogens (tertiary/aromatic N) is 1. The molecule has 0 radical (unpaired) electrons. The van der Waals surface area contributed by atoms with E-state index in [0.717, 1.165) is 12.0 Å². The van der Waals surface area contributed by atoms with Crippen molar-refractivity contribution in [3.63, 3.8) is 0 Å². The van der Waals surface area contributed by atoms with Crippen LogP contribution in [0.2, 0.25) is 0 Å². The number of nitrogens with one attached hydrogen (secondary N) is 1. The first kappa shape index (κ1) is 16.0. The summed E-state index contributed by atoms with van der Waals surface area (Å²) in [5, 5.41) is 3.54. The fourth-order valence-corrected chi connectivity index (χ4v) is 3.33. The first-order valence-corrected chi connectivity index (χ1v) is 7.77. The molecule has 3 atom stereocenters. The minimum Gasteiger partial charge on any atom is -0.315 e. The summed E-state index contributed by atoms with van der Waals surface area (Å²) in [6.07, 6.45) is 6.69. The minimum absolute atomic E-state index is 0.461. The lowest BCUT2D eigenvalue weighted by Gasteiger charge is -2.45. The molecule has 1 N–H and O–H groups in total. The molecular weight excluding hydrogens is 220 g/mol. The third-order valence-corrected chi connectivity index (χ3v) is 4.84. The molecule has 1 aliphatic carbocycles. The fourth-order valence-electron chi connectivity index (χ4n) is 3.33. The second kappa shape index (κ2) is 6.91. The summed E-state index contributed by atoms with van der Waals surface area (Å²) in [4.78, 5) is 2.60. The summed E-state index contributed by atoms with van der Waals surface area (Å²) in [6.45, 7) is 10.7. The van der Waals surface area contributed by atoms with Crippen molar-refractivity contribution < 1.29 is 0 Å². The predicted molar refractivity (Wildman–Crippen MR) is 81.0 cm³/mol. The van der Waals surface area contributed by atoms with Crippen LogP contribution in [0.4, 0.5) is 0 Å². The van der Waals surface area contributed by atoms with E-state index in [4.69, 9.17) is 0 Å². The lowest BCUT2D eigenvalue weighted by Crippen LogP contribution is -2.52. The van der Waals surface area contributed by atoms with Gasteiger partial charge in [-0.3, -0.25) is 0 Å². The van der Waals surface area contributed by atoms with E-state index in [2.05, 4.69) is 52.0 Å². The van der Waals surface area contributed by atoms with Crippen molar-refractivity contribution in [2.75, 3.05) is 20.6 Å². The van der Waals surface area contributed by atoms with Gasteiger partial charge in [0, 0.05) is 12.1 Å². The van der Waals surface area contributed by atoms with Gasteiger partial charge in [-0.25, -0.2) is 0 Å². The van der Waals surface area contributed by atoms with Crippen LogP contribution >= 0.6 is 0 Å². The highest BCUT2D eigenvalue weighted by Crippen LogP contribution is 2.39. The normalized spacial score (nSPS) is 29.8. The Morgan fingerprint density at radius 1 is 1.22 bits per heavy atom. The van der Waals surface area contributed by atoms with E-state index >= 15 is 0 Å². The van der Waals surface area contributed by atoms with Gasteiger partial charge in [0.15, 0.2) is 0 Å². The SMILES string of the molecule is CCCCN(C)C1CC(C(C)(C)C)CCC1NC. The van der Waals surface area contributed by atoms with Crippen molar-refractivity contribution in [2.45, 2.75) is 71.9 Å². The lowest BCUT2D eigenvalue weighted by atomic mass is 9.69. The standard InChI is InChI=1S/C16H34N2/c1-7-8-11-18(6)15-12-13(16(2,3)4)9-10-14(15)17-5/h13-15,17H,7-12H2,1-6H3. The number of likely N-dealkylation sites (N-methyl/N-ethyl adjacent to an activating group) is 2. The second-order valence-electron chi connectivity index (χ2n) is 7.17. The van der Waals surface area contributed by atoms with Crippen LogP contribution in [-0.4, -0.2) is 37.6 Å². The monoisotopic (exact) mass is 254 g/mol. The van der Waals surface area contributed by atoms with Crippen LogP contribution in [0.25, 0.3) is 0 Å². The molecule has 1 fully saturated rings. The molecule has 2 nitrogen and oxygen atoms in total. The third kappa shape index (κ3) is 4.24. The topological polar surface area (TPSA) is 15.3 Å². The second-order valence-corrected chi connectivity index (χ2v) is 7.17. The number of hydrogen-bond donors (Lipinski definition) is 1. The molecule has 1 rings (SSSR count). The van der Waals surface area contributed by atoms with Crippen molar-refractivity contribution in [3.8, 4) is 0 Å². The maximum absolute atomic E-state index is 3.54. The zero-order chi connectivity index (χ0) is 13.8. The summed E-state index contributed by atoms with van der Waals surface area (Å²) in [7, 11) is 4.44. The molecule has 0 saturated heterocycles. The summed E-state index contributed by atoms with van der Waals surface area (Å²) < 4.78 is 0. The summed E-state index contributed by atoms with van der Waals surface area (Å²) >= 11 is 0. The van der Waals surface area contributed by atoms with E-state index in [-0.39, 0.29) is 0 Å². The van der Waals surface area contributed by atoms with Gasteiger partial charge in [0.1, 0.15) is 0 Å². The smallest absolute Gasteiger partial charge is 0.0249 e. The molecule has 2 heteroatoms. The van der Waals surface area contributed by atoms with Crippen LogP contribution in [0, 0.1) is 11.3 Å². The van der Waals surface area contributed by atoms with Crippen LogP contribution in [0.5, 0.6) is 0 Å². The summed E-state index contributed by atoms with van der Waals surface area (Å²) in [5.74, 6) is 0.871. The molecule has 3 unspecified atom stereocenters. The highest BCUT2D eigenvalue weighted by molar-refractivity contribution is 4.92. The molecule has 1 saturated carbocycles. The van der Waals surface area contributed by atoms with Gasteiger partial charge in [-0.2, -0.15) is 0 Å². The van der Waals surface area contributed by atoms with Crippen LogP contribution in [0.3, 0.4) is 0 Å². The third-order valence-electron chi connectivity index (χ3n) is 4.84. The zero-order valence-corrected chi connectivity index (χ0v) is 13.4. The van der Waals surface area contributed by atoms with Crippen LogP contribution in [0.1, 0.15) is 59.8 Å². The van der Waals surface area contributed by atoms with Crippen molar-refractivity contribution in [1.29, 1.82) is 0 Å². The molecule has 0 aromatic rings. The van der Waals surface area contributed by atoms with Gasteiger partial charge >= 0.3 is 0 Å². The fraction of sp³-hybridized carbons (Fsp3) is 1.00. The van der Waals surface area contributed by atoms with Gasteiger partial charge in [0.2, 0.25) is 0 Å². The van der Waals surface area contributed by atoms with E-state index in [0.29, 0.717) is 11.5 Å². The van der Waals surface area contributed by atoms with Gasteiger partial charge in [0.25, 0.3) is 0 Å². The summed E-state index contributed by atoms with van der Waals surface area (Å²) in [6, 6.07) is 1.41. The van der Waals surface area contributed by atoms with Crippen LogP contribution in [0.15, 0.2) is 0 Å². The highest BCUT2D eigenvalue weighted by atomic mass is 15.2. The molecule has 0 aromatic carbocycles. The Bertz CT molecular complexity index is 232. The zero-order valence-electron chi connectivity index (χ0n) is 13.4. The molecule has 108 valence electrons. The van der Waals surface area contributed by atoms with Gasteiger partial charge in [-0.05, 0) is 57.7 Å². The molecule has 18 heavy (non-hydrogen) atoms. The Morgan fingerprint density at radius 2 is 1.89 bits per heavy atom. The molecule has 1 aliphatic rings. The largest absolute Gasteiger partial charge is 0.315 e.